The summed E-state index contributed by atoms with van der Waals surface area (Å²) in [6.07, 6.45) is -3.84. The molecule has 0 aliphatic carbocycles. The zero-order valence-corrected chi connectivity index (χ0v) is 12.4. The van der Waals surface area contributed by atoms with Crippen molar-refractivity contribution in [2.75, 3.05) is 5.32 Å². The van der Waals surface area contributed by atoms with E-state index in [1.165, 1.54) is 25.1 Å². The summed E-state index contributed by atoms with van der Waals surface area (Å²) < 4.78 is 51.7. The lowest BCUT2D eigenvalue weighted by Crippen LogP contribution is -2.11. The smallest absolute Gasteiger partial charge is 0.326 e. The molecule has 2 aromatic carbocycles. The zero-order chi connectivity index (χ0) is 17.0. The predicted octanol–water partition coefficient (Wildman–Crippen LogP) is 4.59. The van der Waals surface area contributed by atoms with Crippen LogP contribution in [0.15, 0.2) is 42.5 Å². The van der Waals surface area contributed by atoms with Gasteiger partial charge in [0, 0.05) is 12.6 Å². The second kappa shape index (κ2) is 6.81. The summed E-state index contributed by atoms with van der Waals surface area (Å²) in [6.45, 7) is 1.29. The number of carbonyl (C=O) groups excluding carboxylic acids is 1. The molecule has 2 aromatic rings. The third-order valence-electron chi connectivity index (χ3n) is 3.32. The second-order valence-electron chi connectivity index (χ2n) is 5.18. The minimum Gasteiger partial charge on any atom is -0.326 e. The first-order chi connectivity index (χ1) is 10.8. The number of amides is 1. The van der Waals surface area contributed by atoms with Gasteiger partial charge in [0.15, 0.2) is 0 Å². The fraction of sp³-hybridized carbons (Fsp3) is 0.235. The van der Waals surface area contributed by atoms with E-state index in [1.54, 1.807) is 12.1 Å². The van der Waals surface area contributed by atoms with Crippen LogP contribution in [-0.2, 0) is 23.8 Å². The normalized spacial score (nSPS) is 11.3. The molecule has 23 heavy (non-hydrogen) atoms. The Kier molecular flexibility index (Phi) is 5.03. The Hall–Kier alpha value is -2.37. The number of hydrogen-bond acceptors (Lipinski definition) is 1. The molecule has 6 heteroatoms. The van der Waals surface area contributed by atoms with Gasteiger partial charge in [-0.3, -0.25) is 4.79 Å². The molecule has 0 aliphatic rings. The van der Waals surface area contributed by atoms with Crippen LogP contribution in [-0.4, -0.2) is 5.91 Å². The van der Waals surface area contributed by atoms with Crippen molar-refractivity contribution in [2.45, 2.75) is 25.9 Å². The van der Waals surface area contributed by atoms with Crippen LogP contribution in [0.5, 0.6) is 0 Å². The summed E-state index contributed by atoms with van der Waals surface area (Å²) in [4.78, 5) is 11.2. The van der Waals surface area contributed by atoms with Gasteiger partial charge in [0.05, 0.1) is 5.56 Å². The van der Waals surface area contributed by atoms with Crippen molar-refractivity contribution < 1.29 is 22.4 Å². The first-order valence-electron chi connectivity index (χ1n) is 6.98. The van der Waals surface area contributed by atoms with Gasteiger partial charge in [-0.1, -0.05) is 12.1 Å². The highest BCUT2D eigenvalue weighted by Crippen LogP contribution is 2.32. The maximum absolute atomic E-state index is 13.2. The molecule has 122 valence electrons. The summed E-state index contributed by atoms with van der Waals surface area (Å²) >= 11 is 0. The van der Waals surface area contributed by atoms with Gasteiger partial charge in [0.25, 0.3) is 0 Å². The van der Waals surface area contributed by atoms with Crippen molar-refractivity contribution in [3.8, 4) is 0 Å². The van der Waals surface area contributed by atoms with E-state index < -0.39 is 17.6 Å². The Morgan fingerprint density at radius 1 is 1.09 bits per heavy atom. The molecule has 1 N–H and O–H groups in total. The Morgan fingerprint density at radius 3 is 2.43 bits per heavy atom. The molecule has 2 rings (SSSR count). The first-order valence-corrected chi connectivity index (χ1v) is 6.98. The highest BCUT2D eigenvalue weighted by molar-refractivity contribution is 5.89. The number of carbonyl (C=O) groups is 1. The summed E-state index contributed by atoms with van der Waals surface area (Å²) in [5.41, 5.74) is 0.596. The maximum atomic E-state index is 13.2. The van der Waals surface area contributed by atoms with Crippen molar-refractivity contribution in [1.82, 2.24) is 0 Å². The topological polar surface area (TPSA) is 29.1 Å². The average Bonchev–Trinajstić information content (AvgIpc) is 2.44. The van der Waals surface area contributed by atoms with Gasteiger partial charge < -0.3 is 5.32 Å². The molecule has 0 bridgehead atoms. The minimum absolute atomic E-state index is 0.253. The highest BCUT2D eigenvalue weighted by Gasteiger charge is 2.31. The van der Waals surface area contributed by atoms with Crippen LogP contribution in [0.25, 0.3) is 0 Å². The van der Waals surface area contributed by atoms with Crippen LogP contribution in [0.2, 0.25) is 0 Å². The standard InChI is InChI=1S/C17H15F4NO/c1-11(23)22-16-8-7-14(17(19,20)21)10-13(16)6-5-12-3-2-4-15(18)9-12/h2-4,7-10H,5-6H2,1H3,(H,22,23). The van der Waals surface area contributed by atoms with Crippen molar-refractivity contribution >= 4 is 11.6 Å². The molecule has 0 unspecified atom stereocenters. The van der Waals surface area contributed by atoms with Crippen LogP contribution in [0.4, 0.5) is 23.2 Å². The number of rotatable bonds is 4. The van der Waals surface area contributed by atoms with Gasteiger partial charge in [-0.15, -0.1) is 0 Å². The largest absolute Gasteiger partial charge is 0.416 e. The van der Waals surface area contributed by atoms with Gasteiger partial charge >= 0.3 is 6.18 Å². The molecule has 1 amide bonds. The number of alkyl halides is 3. The molecule has 0 saturated heterocycles. The molecule has 0 saturated carbocycles. The molecule has 0 spiro atoms. The lowest BCUT2D eigenvalue weighted by molar-refractivity contribution is -0.137. The van der Waals surface area contributed by atoms with Crippen molar-refractivity contribution in [3.63, 3.8) is 0 Å². The molecule has 0 aliphatic heterocycles. The Balaban J connectivity index is 2.27. The monoisotopic (exact) mass is 325 g/mol. The van der Waals surface area contributed by atoms with E-state index in [1.807, 2.05) is 0 Å². The summed E-state index contributed by atoms with van der Waals surface area (Å²) in [7, 11) is 0. The van der Waals surface area contributed by atoms with E-state index in [4.69, 9.17) is 0 Å². The van der Waals surface area contributed by atoms with Gasteiger partial charge in [-0.05, 0) is 54.3 Å². The highest BCUT2D eigenvalue weighted by atomic mass is 19.4. The lowest BCUT2D eigenvalue weighted by atomic mass is 10.0. The molecule has 0 heterocycles. The lowest BCUT2D eigenvalue weighted by Gasteiger charge is -2.14. The summed E-state index contributed by atoms with van der Waals surface area (Å²) in [5.74, 6) is -0.759. The molecule has 0 radical (unpaired) electrons. The predicted molar refractivity (Wildman–Crippen MR) is 79.6 cm³/mol. The van der Waals surface area contributed by atoms with Crippen LogP contribution >= 0.6 is 0 Å². The summed E-state index contributed by atoms with van der Waals surface area (Å²) in [6, 6.07) is 9.08. The van der Waals surface area contributed by atoms with Gasteiger partial charge in [-0.25, -0.2) is 4.39 Å². The molecular weight excluding hydrogens is 310 g/mol. The molecular formula is C17H15F4NO. The molecule has 0 atom stereocenters. The molecule has 2 nitrogen and oxygen atoms in total. The van der Waals surface area contributed by atoms with E-state index in [0.29, 0.717) is 23.2 Å². The van der Waals surface area contributed by atoms with Crippen molar-refractivity contribution in [2.24, 2.45) is 0 Å². The summed E-state index contributed by atoms with van der Waals surface area (Å²) in [5, 5.41) is 2.52. The average molecular weight is 325 g/mol. The first kappa shape index (κ1) is 17.0. The number of benzene rings is 2. The SMILES string of the molecule is CC(=O)Nc1ccc(C(F)(F)F)cc1CCc1cccc(F)c1. The maximum Gasteiger partial charge on any atom is 0.416 e. The Labute approximate surface area is 131 Å². The Morgan fingerprint density at radius 2 is 1.83 bits per heavy atom. The van der Waals surface area contributed by atoms with Crippen LogP contribution < -0.4 is 5.32 Å². The second-order valence-corrected chi connectivity index (χ2v) is 5.18. The fourth-order valence-corrected chi connectivity index (χ4v) is 2.26. The van der Waals surface area contributed by atoms with E-state index in [-0.39, 0.29) is 12.3 Å². The molecule has 0 fully saturated rings. The van der Waals surface area contributed by atoms with Crippen molar-refractivity contribution in [1.29, 1.82) is 0 Å². The van der Waals surface area contributed by atoms with Crippen LogP contribution in [0, 0.1) is 5.82 Å². The van der Waals surface area contributed by atoms with E-state index >= 15 is 0 Å². The number of anilines is 1. The Bertz CT molecular complexity index is 710. The van der Waals surface area contributed by atoms with Crippen LogP contribution in [0.3, 0.4) is 0 Å². The third kappa shape index (κ3) is 4.81. The van der Waals surface area contributed by atoms with E-state index in [9.17, 15) is 22.4 Å². The van der Waals surface area contributed by atoms with Crippen molar-refractivity contribution in [3.05, 3.63) is 65.0 Å². The van der Waals surface area contributed by atoms with Gasteiger partial charge in [0.1, 0.15) is 5.82 Å². The quantitative estimate of drug-likeness (QED) is 0.819. The zero-order valence-electron chi connectivity index (χ0n) is 12.4. The fourth-order valence-electron chi connectivity index (χ4n) is 2.26. The number of hydrogen-bond donors (Lipinski definition) is 1. The number of halogens is 4. The van der Waals surface area contributed by atoms with Crippen LogP contribution in [0.1, 0.15) is 23.6 Å². The van der Waals surface area contributed by atoms with E-state index in [0.717, 1.165) is 12.1 Å². The molecule has 0 aromatic heterocycles. The third-order valence-corrected chi connectivity index (χ3v) is 3.32. The van der Waals surface area contributed by atoms with Gasteiger partial charge in [-0.2, -0.15) is 13.2 Å². The minimum atomic E-state index is -4.46. The number of aryl methyl sites for hydroxylation is 2. The van der Waals surface area contributed by atoms with E-state index in [2.05, 4.69) is 5.32 Å². The van der Waals surface area contributed by atoms with Gasteiger partial charge in [0.2, 0.25) is 5.91 Å². The number of nitrogens with one attached hydrogen (secondary N) is 1.